The Labute approximate surface area is 99.9 Å². The molecule has 0 saturated carbocycles. The van der Waals surface area contributed by atoms with Crippen molar-refractivity contribution in [3.63, 3.8) is 0 Å². The number of para-hydroxylation sites is 1. The molecule has 2 amide bonds. The lowest BCUT2D eigenvalue weighted by atomic mass is 10.1. The van der Waals surface area contributed by atoms with Gasteiger partial charge in [0.2, 0.25) is 0 Å². The lowest BCUT2D eigenvalue weighted by Gasteiger charge is -2.21. The van der Waals surface area contributed by atoms with Crippen LogP contribution in [0.5, 0.6) is 5.75 Å². The predicted octanol–water partition coefficient (Wildman–Crippen LogP) is 1.67. The maximum absolute atomic E-state index is 11.9. The fraction of sp³-hybridized carbons (Fsp3) is 0.333. The molecule has 0 atom stereocenters. The molecule has 0 spiro atoms. The number of hydrogen-bond donors (Lipinski definition) is 2. The molecule has 0 fully saturated rings. The molecule has 17 heavy (non-hydrogen) atoms. The monoisotopic (exact) mass is 236 g/mol. The summed E-state index contributed by atoms with van der Waals surface area (Å²) in [7, 11) is 0. The van der Waals surface area contributed by atoms with Gasteiger partial charge in [0.15, 0.2) is 0 Å². The van der Waals surface area contributed by atoms with Gasteiger partial charge in [-0.1, -0.05) is 12.1 Å². The first-order chi connectivity index (χ1) is 7.79. The standard InChI is InChI=1S/C12H16N2O3/c1-12(2,3)14-10(15)8-6-4-5-7-9(8)17-11(13)16/h4-7H,1-3H3,(H2,13,16)(H,14,15). The smallest absolute Gasteiger partial charge is 0.409 e. The van der Waals surface area contributed by atoms with E-state index in [1.807, 2.05) is 20.8 Å². The molecule has 1 rings (SSSR count). The molecule has 92 valence electrons. The van der Waals surface area contributed by atoms with E-state index in [4.69, 9.17) is 10.5 Å². The van der Waals surface area contributed by atoms with Crippen molar-refractivity contribution < 1.29 is 14.3 Å². The molecule has 0 aromatic heterocycles. The van der Waals surface area contributed by atoms with Gasteiger partial charge in [0.05, 0.1) is 5.56 Å². The van der Waals surface area contributed by atoms with Crippen molar-refractivity contribution in [3.8, 4) is 5.75 Å². The number of benzene rings is 1. The summed E-state index contributed by atoms with van der Waals surface area (Å²) in [5, 5.41) is 2.78. The minimum atomic E-state index is -0.944. The zero-order chi connectivity index (χ0) is 13.1. The fourth-order valence-electron chi connectivity index (χ4n) is 1.26. The Morgan fingerprint density at radius 2 is 1.82 bits per heavy atom. The number of primary amides is 1. The number of nitrogens with one attached hydrogen (secondary N) is 1. The zero-order valence-corrected chi connectivity index (χ0v) is 10.1. The van der Waals surface area contributed by atoms with E-state index in [1.54, 1.807) is 18.2 Å². The lowest BCUT2D eigenvalue weighted by molar-refractivity contribution is 0.0917. The van der Waals surface area contributed by atoms with Gasteiger partial charge in [-0.3, -0.25) is 4.79 Å². The van der Waals surface area contributed by atoms with E-state index < -0.39 is 6.09 Å². The minimum absolute atomic E-state index is 0.154. The third kappa shape index (κ3) is 4.14. The Morgan fingerprint density at radius 1 is 1.24 bits per heavy atom. The Bertz CT molecular complexity index is 436. The van der Waals surface area contributed by atoms with Crippen LogP contribution in [-0.2, 0) is 0 Å². The van der Waals surface area contributed by atoms with Crippen LogP contribution >= 0.6 is 0 Å². The third-order valence-electron chi connectivity index (χ3n) is 1.83. The fourth-order valence-corrected chi connectivity index (χ4v) is 1.26. The van der Waals surface area contributed by atoms with Gasteiger partial charge in [-0.05, 0) is 32.9 Å². The zero-order valence-electron chi connectivity index (χ0n) is 10.1. The molecule has 5 heteroatoms. The van der Waals surface area contributed by atoms with Crippen LogP contribution < -0.4 is 15.8 Å². The molecule has 0 aliphatic rings. The number of carbonyl (C=O) groups excluding carboxylic acids is 2. The van der Waals surface area contributed by atoms with Crippen molar-refractivity contribution in [2.45, 2.75) is 26.3 Å². The average Bonchev–Trinajstić information content (AvgIpc) is 2.14. The highest BCUT2D eigenvalue weighted by Gasteiger charge is 2.18. The summed E-state index contributed by atoms with van der Waals surface area (Å²) in [4.78, 5) is 22.6. The number of ether oxygens (including phenoxy) is 1. The summed E-state index contributed by atoms with van der Waals surface area (Å²) in [5.74, 6) is -0.156. The number of hydrogen-bond acceptors (Lipinski definition) is 3. The van der Waals surface area contributed by atoms with Gasteiger partial charge in [-0.2, -0.15) is 0 Å². The Hall–Kier alpha value is -2.04. The van der Waals surface area contributed by atoms with Crippen molar-refractivity contribution in [3.05, 3.63) is 29.8 Å². The Kier molecular flexibility index (Phi) is 3.73. The van der Waals surface area contributed by atoms with Gasteiger partial charge in [0, 0.05) is 5.54 Å². The van der Waals surface area contributed by atoms with Crippen LogP contribution in [0.15, 0.2) is 24.3 Å². The summed E-state index contributed by atoms with van der Waals surface area (Å²) in [5.41, 5.74) is 4.84. The van der Waals surface area contributed by atoms with E-state index in [0.717, 1.165) is 0 Å². The largest absolute Gasteiger partial charge is 0.410 e. The van der Waals surface area contributed by atoms with Gasteiger partial charge in [0.1, 0.15) is 5.75 Å². The molecule has 0 aliphatic carbocycles. The van der Waals surface area contributed by atoms with Crippen LogP contribution in [0.2, 0.25) is 0 Å². The predicted molar refractivity (Wildman–Crippen MR) is 63.9 cm³/mol. The molecule has 5 nitrogen and oxygen atoms in total. The Balaban J connectivity index is 2.97. The molecule has 0 bridgehead atoms. The second-order valence-electron chi connectivity index (χ2n) is 4.62. The summed E-state index contributed by atoms with van der Waals surface area (Å²) < 4.78 is 4.76. The molecule has 1 aromatic rings. The molecule has 0 heterocycles. The highest BCUT2D eigenvalue weighted by atomic mass is 16.5. The normalized spacial score (nSPS) is 10.8. The molecule has 0 radical (unpaired) electrons. The van der Waals surface area contributed by atoms with Crippen LogP contribution in [0, 0.1) is 0 Å². The lowest BCUT2D eigenvalue weighted by Crippen LogP contribution is -2.40. The van der Waals surface area contributed by atoms with Crippen LogP contribution in [0.1, 0.15) is 31.1 Å². The first kappa shape index (κ1) is 13.0. The molecule has 0 unspecified atom stereocenters. The van der Waals surface area contributed by atoms with Crippen molar-refractivity contribution in [1.29, 1.82) is 0 Å². The van der Waals surface area contributed by atoms with Crippen LogP contribution in [0.4, 0.5) is 4.79 Å². The summed E-state index contributed by atoms with van der Waals surface area (Å²) in [6.45, 7) is 5.59. The van der Waals surface area contributed by atoms with Crippen molar-refractivity contribution >= 4 is 12.0 Å². The second kappa shape index (κ2) is 4.86. The van der Waals surface area contributed by atoms with Crippen LogP contribution in [0.3, 0.4) is 0 Å². The van der Waals surface area contributed by atoms with Gasteiger partial charge in [-0.15, -0.1) is 0 Å². The number of amides is 2. The summed E-state index contributed by atoms with van der Waals surface area (Å²) >= 11 is 0. The minimum Gasteiger partial charge on any atom is -0.410 e. The van der Waals surface area contributed by atoms with Crippen molar-refractivity contribution in [2.24, 2.45) is 5.73 Å². The number of nitrogens with two attached hydrogens (primary N) is 1. The number of carbonyl (C=O) groups is 2. The van der Waals surface area contributed by atoms with Gasteiger partial charge in [-0.25, -0.2) is 4.79 Å². The van der Waals surface area contributed by atoms with E-state index in [1.165, 1.54) is 6.07 Å². The highest BCUT2D eigenvalue weighted by molar-refractivity contribution is 5.97. The van der Waals surface area contributed by atoms with Gasteiger partial charge >= 0.3 is 6.09 Å². The summed E-state index contributed by atoms with van der Waals surface area (Å²) in [6, 6.07) is 6.43. The van der Waals surface area contributed by atoms with Crippen LogP contribution in [-0.4, -0.2) is 17.5 Å². The van der Waals surface area contributed by atoms with E-state index in [2.05, 4.69) is 5.32 Å². The maximum atomic E-state index is 11.9. The molecule has 1 aromatic carbocycles. The first-order valence-electron chi connectivity index (χ1n) is 5.18. The molecular weight excluding hydrogens is 220 g/mol. The average molecular weight is 236 g/mol. The van der Waals surface area contributed by atoms with E-state index in [9.17, 15) is 9.59 Å². The molecule has 0 saturated heterocycles. The molecular formula is C12H16N2O3. The SMILES string of the molecule is CC(C)(C)NC(=O)c1ccccc1OC(N)=O. The Morgan fingerprint density at radius 3 is 2.35 bits per heavy atom. The first-order valence-corrected chi connectivity index (χ1v) is 5.18. The summed E-state index contributed by atoms with van der Waals surface area (Å²) in [6.07, 6.45) is -0.944. The van der Waals surface area contributed by atoms with Crippen LogP contribution in [0.25, 0.3) is 0 Å². The third-order valence-corrected chi connectivity index (χ3v) is 1.83. The topological polar surface area (TPSA) is 81.4 Å². The van der Waals surface area contributed by atoms with Crippen molar-refractivity contribution in [2.75, 3.05) is 0 Å². The van der Waals surface area contributed by atoms with E-state index in [0.29, 0.717) is 0 Å². The van der Waals surface area contributed by atoms with E-state index >= 15 is 0 Å². The van der Waals surface area contributed by atoms with Crippen molar-refractivity contribution in [1.82, 2.24) is 5.32 Å². The molecule has 0 aliphatic heterocycles. The maximum Gasteiger partial charge on any atom is 0.409 e. The quantitative estimate of drug-likeness (QED) is 0.819. The van der Waals surface area contributed by atoms with Gasteiger partial charge in [0.25, 0.3) is 5.91 Å². The highest BCUT2D eigenvalue weighted by Crippen LogP contribution is 2.18. The second-order valence-corrected chi connectivity index (χ2v) is 4.62. The van der Waals surface area contributed by atoms with E-state index in [-0.39, 0.29) is 22.8 Å². The van der Waals surface area contributed by atoms with Gasteiger partial charge < -0.3 is 15.8 Å². The molecule has 3 N–H and O–H groups in total. The number of rotatable bonds is 2.